The first kappa shape index (κ1) is 36.8. The van der Waals surface area contributed by atoms with Crippen molar-refractivity contribution >= 4 is 23.6 Å². The van der Waals surface area contributed by atoms with E-state index in [-0.39, 0.29) is 48.5 Å². The van der Waals surface area contributed by atoms with Crippen LogP contribution in [-0.4, -0.2) is 111 Å². The van der Waals surface area contributed by atoms with Gasteiger partial charge in [0.05, 0.1) is 32.4 Å². The van der Waals surface area contributed by atoms with E-state index < -0.39 is 53.6 Å². The van der Waals surface area contributed by atoms with Gasteiger partial charge in [-0.05, 0) is 72.6 Å². The number of hydrogen-bond donors (Lipinski definition) is 2. The molecule has 6 atom stereocenters. The minimum Gasteiger partial charge on any atom is -0.493 e. The number of benzene rings is 1. The van der Waals surface area contributed by atoms with E-state index in [4.69, 9.17) is 23.7 Å². The number of nitrogens with one attached hydrogen (secondary N) is 2. The summed E-state index contributed by atoms with van der Waals surface area (Å²) in [7, 11) is 6.41. The number of fused-ring (bicyclic) bond motifs is 6. The van der Waals surface area contributed by atoms with Crippen molar-refractivity contribution < 1.29 is 42.9 Å². The summed E-state index contributed by atoms with van der Waals surface area (Å²) < 4.78 is 28.1. The SMILES string of the molecule is COCOc1c(OC)c(C)cc2c1[C@@H]1C3CC4=C(C(=O)C(OC)=C(C)C4=O)[C@H](CNC(=O)[C@H](C)NC(=O)OC(C)(C)C)N3C(C#N)[C@H](C2)N1C. The molecule has 5 rings (SSSR count). The van der Waals surface area contributed by atoms with Gasteiger partial charge in [0, 0.05) is 48.0 Å². The molecule has 14 heteroatoms. The van der Waals surface area contributed by atoms with Crippen LogP contribution in [0.2, 0.25) is 0 Å². The summed E-state index contributed by atoms with van der Waals surface area (Å²) in [5.41, 5.74) is 2.68. The molecule has 1 fully saturated rings. The zero-order valence-electron chi connectivity index (χ0n) is 30.4. The number of carbonyl (C=O) groups excluding carboxylic acids is 4. The van der Waals surface area contributed by atoms with Gasteiger partial charge in [0.25, 0.3) is 0 Å². The van der Waals surface area contributed by atoms with Crippen molar-refractivity contribution in [1.29, 1.82) is 5.26 Å². The van der Waals surface area contributed by atoms with Crippen LogP contribution in [0.25, 0.3) is 0 Å². The van der Waals surface area contributed by atoms with Crippen LogP contribution in [0.15, 0.2) is 28.5 Å². The van der Waals surface area contributed by atoms with Gasteiger partial charge in [0.1, 0.15) is 17.7 Å². The quantitative estimate of drug-likeness (QED) is 0.287. The number of nitrogens with zero attached hydrogens (tertiary/aromatic N) is 3. The Labute approximate surface area is 292 Å². The molecule has 4 aliphatic rings. The van der Waals surface area contributed by atoms with Crippen molar-refractivity contribution in [2.75, 3.05) is 41.7 Å². The third kappa shape index (κ3) is 6.34. The molecule has 14 nitrogen and oxygen atoms in total. The predicted molar refractivity (Wildman–Crippen MR) is 180 cm³/mol. The molecule has 50 heavy (non-hydrogen) atoms. The molecule has 1 saturated heterocycles. The lowest BCUT2D eigenvalue weighted by Gasteiger charge is -2.60. The number of piperazine rings is 1. The smallest absolute Gasteiger partial charge is 0.408 e. The van der Waals surface area contributed by atoms with E-state index in [1.165, 1.54) is 21.1 Å². The number of methoxy groups -OCH3 is 3. The molecule has 1 aromatic carbocycles. The fraction of sp³-hybridized carbons (Fsp3) is 0.583. The Morgan fingerprint density at radius 3 is 2.36 bits per heavy atom. The maximum absolute atomic E-state index is 14.1. The number of carbonyl (C=O) groups is 4. The van der Waals surface area contributed by atoms with Crippen LogP contribution in [0.4, 0.5) is 4.79 Å². The molecule has 0 saturated carbocycles. The lowest BCUT2D eigenvalue weighted by molar-refractivity contribution is -0.125. The zero-order chi connectivity index (χ0) is 36.8. The Balaban J connectivity index is 1.62. The van der Waals surface area contributed by atoms with E-state index in [1.807, 2.05) is 18.9 Å². The Kier molecular flexibility index (Phi) is 10.3. The molecule has 2 unspecified atom stereocenters. The standard InChI is InChI=1S/C36H47N5O9/c1-17-11-20-12-22-24(14-37)41-23(28(40(22)7)26(20)33(31(17)47-9)49-16-46-8)13-21-27(30(43)32(48-10)18(2)29(21)42)25(41)15-38-34(44)19(3)39-35(45)50-36(4,5)6/h11,19,22-25,28H,12-13,15-16H2,1-10H3,(H,38,44)(H,39,45)/t19-,22-,23?,24?,25-,28-/m0/s1. The third-order valence-corrected chi connectivity index (χ3v) is 9.96. The first-order valence-corrected chi connectivity index (χ1v) is 16.7. The van der Waals surface area contributed by atoms with Crippen LogP contribution in [0.5, 0.6) is 11.5 Å². The predicted octanol–water partition coefficient (Wildman–Crippen LogP) is 2.63. The fourth-order valence-corrected chi connectivity index (χ4v) is 7.95. The molecular formula is C36H47N5O9. The van der Waals surface area contributed by atoms with Gasteiger partial charge in [0.2, 0.25) is 11.7 Å². The number of Topliss-reactive ketones (excluding diaryl/α,β-unsaturated/α-hetero) is 2. The summed E-state index contributed by atoms with van der Waals surface area (Å²) in [4.78, 5) is 58.1. The van der Waals surface area contributed by atoms with E-state index in [9.17, 15) is 24.4 Å². The topological polar surface area (TPSA) is 169 Å². The average Bonchev–Trinajstić information content (AvgIpc) is 3.04. The van der Waals surface area contributed by atoms with Crippen LogP contribution < -0.4 is 20.1 Å². The molecule has 3 heterocycles. The van der Waals surface area contributed by atoms with Crippen LogP contribution in [0.1, 0.15) is 63.8 Å². The molecule has 2 N–H and O–H groups in total. The van der Waals surface area contributed by atoms with Crippen LogP contribution in [-0.2, 0) is 35.0 Å². The average molecular weight is 694 g/mol. The Morgan fingerprint density at radius 2 is 1.76 bits per heavy atom. The van der Waals surface area contributed by atoms with Crippen molar-refractivity contribution in [3.63, 3.8) is 0 Å². The third-order valence-electron chi connectivity index (χ3n) is 9.96. The maximum Gasteiger partial charge on any atom is 0.408 e. The van der Waals surface area contributed by atoms with Crippen molar-refractivity contribution in [2.45, 2.75) is 96.2 Å². The largest absolute Gasteiger partial charge is 0.493 e. The van der Waals surface area contributed by atoms with E-state index in [2.05, 4.69) is 27.7 Å². The summed E-state index contributed by atoms with van der Waals surface area (Å²) in [6.45, 7) is 10.0. The van der Waals surface area contributed by atoms with Gasteiger partial charge in [-0.25, -0.2) is 4.79 Å². The number of likely N-dealkylation sites (N-methyl/N-ethyl adjacent to an activating group) is 1. The van der Waals surface area contributed by atoms with Crippen LogP contribution >= 0.6 is 0 Å². The van der Waals surface area contributed by atoms with Gasteiger partial charge >= 0.3 is 6.09 Å². The summed E-state index contributed by atoms with van der Waals surface area (Å²) in [6.07, 6.45) is -0.0997. The van der Waals surface area contributed by atoms with Gasteiger partial charge < -0.3 is 34.3 Å². The van der Waals surface area contributed by atoms with Crippen molar-refractivity contribution in [1.82, 2.24) is 20.4 Å². The lowest BCUT2D eigenvalue weighted by atomic mass is 9.69. The number of ether oxygens (including phenoxy) is 5. The van der Waals surface area contributed by atoms with Gasteiger partial charge in [0.15, 0.2) is 29.8 Å². The normalized spacial score (nSPS) is 25.5. The minimum atomic E-state index is -0.986. The number of amides is 2. The highest BCUT2D eigenvalue weighted by Gasteiger charge is 2.58. The first-order chi connectivity index (χ1) is 23.6. The second-order valence-electron chi connectivity index (χ2n) is 14.2. The number of alkyl carbamates (subject to hydrolysis) is 1. The summed E-state index contributed by atoms with van der Waals surface area (Å²) in [5.74, 6) is -0.298. The fourth-order valence-electron chi connectivity index (χ4n) is 7.95. The van der Waals surface area contributed by atoms with Crippen molar-refractivity contribution in [3.8, 4) is 17.6 Å². The molecule has 0 spiro atoms. The Hall–Kier alpha value is -4.45. The molecule has 1 aliphatic carbocycles. The second-order valence-corrected chi connectivity index (χ2v) is 14.2. The number of allylic oxidation sites excluding steroid dienone is 2. The highest BCUT2D eigenvalue weighted by molar-refractivity contribution is 6.25. The molecular weight excluding hydrogens is 646 g/mol. The molecule has 2 amide bonds. The lowest BCUT2D eigenvalue weighted by Crippen LogP contribution is -2.71. The number of rotatable bonds is 9. The van der Waals surface area contributed by atoms with E-state index in [1.54, 1.807) is 34.8 Å². The molecule has 270 valence electrons. The molecule has 3 aliphatic heterocycles. The van der Waals surface area contributed by atoms with E-state index in [0.29, 0.717) is 23.5 Å². The number of ketones is 2. The summed E-state index contributed by atoms with van der Waals surface area (Å²) >= 11 is 0. The summed E-state index contributed by atoms with van der Waals surface area (Å²) in [6, 6.07) is 0.775. The van der Waals surface area contributed by atoms with Crippen LogP contribution in [0, 0.1) is 18.3 Å². The Bertz CT molecular complexity index is 1700. The highest BCUT2D eigenvalue weighted by atomic mass is 16.7. The highest BCUT2D eigenvalue weighted by Crippen LogP contribution is 2.54. The van der Waals surface area contributed by atoms with Crippen LogP contribution in [0.3, 0.4) is 0 Å². The number of aryl methyl sites for hydroxylation is 1. The van der Waals surface area contributed by atoms with Gasteiger partial charge in [-0.3, -0.25) is 24.2 Å². The molecule has 0 aromatic heterocycles. The van der Waals surface area contributed by atoms with E-state index in [0.717, 1.165) is 16.7 Å². The second kappa shape index (κ2) is 14.0. The van der Waals surface area contributed by atoms with E-state index >= 15 is 0 Å². The van der Waals surface area contributed by atoms with Crippen molar-refractivity contribution in [2.24, 2.45) is 0 Å². The number of hydrogen-bond acceptors (Lipinski definition) is 12. The first-order valence-electron chi connectivity index (χ1n) is 16.7. The van der Waals surface area contributed by atoms with Crippen molar-refractivity contribution in [3.05, 3.63) is 45.2 Å². The molecule has 0 radical (unpaired) electrons. The number of nitriles is 1. The minimum absolute atomic E-state index is 0.0302. The molecule has 1 aromatic rings. The maximum atomic E-state index is 14.1. The van der Waals surface area contributed by atoms with Gasteiger partial charge in [-0.15, -0.1) is 0 Å². The zero-order valence-corrected chi connectivity index (χ0v) is 30.4. The van der Waals surface area contributed by atoms with Gasteiger partial charge in [-0.1, -0.05) is 6.07 Å². The molecule has 2 bridgehead atoms. The monoisotopic (exact) mass is 693 g/mol. The summed E-state index contributed by atoms with van der Waals surface area (Å²) in [5, 5.41) is 16.2. The van der Waals surface area contributed by atoms with Gasteiger partial charge in [-0.2, -0.15) is 5.26 Å². The Morgan fingerprint density at radius 1 is 1.06 bits per heavy atom.